The van der Waals surface area contributed by atoms with E-state index in [4.69, 9.17) is 0 Å². The number of hydrogen-bond acceptors (Lipinski definition) is 2. The van der Waals surface area contributed by atoms with Gasteiger partial charge in [0, 0.05) is 18.7 Å². The first-order valence-electron chi connectivity index (χ1n) is 5.04. The van der Waals surface area contributed by atoms with Crippen LogP contribution in [0.3, 0.4) is 0 Å². The van der Waals surface area contributed by atoms with Gasteiger partial charge in [0.25, 0.3) is 0 Å². The van der Waals surface area contributed by atoms with Crippen LogP contribution in [-0.4, -0.2) is 10.8 Å². The molecule has 0 unspecified atom stereocenters. The average Bonchev–Trinajstić information content (AvgIpc) is 2.28. The van der Waals surface area contributed by atoms with E-state index in [1.807, 2.05) is 0 Å². The van der Waals surface area contributed by atoms with Crippen molar-refractivity contribution >= 4 is 5.78 Å². The lowest BCUT2D eigenvalue weighted by atomic mass is 10.1. The topological polar surface area (TPSA) is 30.0 Å². The first-order valence-corrected chi connectivity index (χ1v) is 5.04. The Bertz CT molecular complexity index is 520. The second-order valence-electron chi connectivity index (χ2n) is 3.59. The molecule has 1 aromatic carbocycles. The molecule has 0 saturated carbocycles. The van der Waals surface area contributed by atoms with Crippen molar-refractivity contribution in [1.29, 1.82) is 0 Å². The van der Waals surface area contributed by atoms with E-state index in [1.54, 1.807) is 18.2 Å². The summed E-state index contributed by atoms with van der Waals surface area (Å²) >= 11 is 0. The van der Waals surface area contributed by atoms with Crippen LogP contribution in [0.1, 0.15) is 16.1 Å². The molecule has 2 aromatic rings. The van der Waals surface area contributed by atoms with Crippen LogP contribution in [0.2, 0.25) is 0 Å². The minimum atomic E-state index is -0.686. The van der Waals surface area contributed by atoms with Crippen LogP contribution in [0.25, 0.3) is 0 Å². The van der Waals surface area contributed by atoms with Gasteiger partial charge >= 0.3 is 0 Å². The fourth-order valence-corrected chi connectivity index (χ4v) is 1.52. The Morgan fingerprint density at radius 3 is 2.41 bits per heavy atom. The van der Waals surface area contributed by atoms with Crippen LogP contribution in [0.15, 0.2) is 42.6 Å². The Morgan fingerprint density at radius 2 is 1.82 bits per heavy atom. The van der Waals surface area contributed by atoms with Crippen molar-refractivity contribution in [1.82, 2.24) is 4.98 Å². The molecule has 17 heavy (non-hydrogen) atoms. The molecule has 0 bridgehead atoms. The van der Waals surface area contributed by atoms with Gasteiger partial charge < -0.3 is 0 Å². The van der Waals surface area contributed by atoms with Gasteiger partial charge in [-0.3, -0.25) is 9.78 Å². The summed E-state index contributed by atoms with van der Waals surface area (Å²) in [4.78, 5) is 15.6. The molecule has 0 aliphatic carbocycles. The summed E-state index contributed by atoms with van der Waals surface area (Å²) in [5.41, 5.74) is 0.593. The van der Waals surface area contributed by atoms with E-state index in [9.17, 15) is 13.6 Å². The Hall–Kier alpha value is -2.10. The molecule has 86 valence electrons. The number of aromatic nitrogens is 1. The second kappa shape index (κ2) is 4.82. The molecule has 0 fully saturated rings. The number of halogens is 2. The molecule has 0 aliphatic rings. The van der Waals surface area contributed by atoms with Crippen LogP contribution < -0.4 is 0 Å². The third-order valence-corrected chi connectivity index (χ3v) is 2.24. The molecule has 2 nitrogen and oxygen atoms in total. The summed E-state index contributed by atoms with van der Waals surface area (Å²) in [5, 5.41) is 0. The maximum Gasteiger partial charge on any atom is 0.185 e. The summed E-state index contributed by atoms with van der Waals surface area (Å²) < 4.78 is 25.8. The zero-order valence-corrected chi connectivity index (χ0v) is 8.86. The fraction of sp³-hybridized carbons (Fsp3) is 0.0769. The number of rotatable bonds is 3. The van der Waals surface area contributed by atoms with Gasteiger partial charge in [0.15, 0.2) is 5.78 Å². The van der Waals surface area contributed by atoms with Crippen LogP contribution in [-0.2, 0) is 6.42 Å². The molecule has 4 heteroatoms. The van der Waals surface area contributed by atoms with Gasteiger partial charge in [-0.15, -0.1) is 0 Å². The van der Waals surface area contributed by atoms with E-state index in [2.05, 4.69) is 4.98 Å². The number of ketones is 1. The number of pyridine rings is 1. The number of hydrogen-bond donors (Lipinski definition) is 0. The Kier molecular flexibility index (Phi) is 3.23. The Morgan fingerprint density at radius 1 is 1.12 bits per heavy atom. The van der Waals surface area contributed by atoms with Crippen LogP contribution >= 0.6 is 0 Å². The number of Topliss-reactive ketones (excluding diaryl/α,β-unsaturated/α-hetero) is 1. The molecule has 0 saturated heterocycles. The lowest BCUT2D eigenvalue weighted by Gasteiger charge is -2.01. The molecule has 0 radical (unpaired) electrons. The van der Waals surface area contributed by atoms with E-state index in [-0.39, 0.29) is 17.9 Å². The van der Waals surface area contributed by atoms with Gasteiger partial charge in [-0.25, -0.2) is 8.78 Å². The van der Waals surface area contributed by atoms with E-state index < -0.39 is 11.6 Å². The largest absolute Gasteiger partial charge is 0.292 e. The van der Waals surface area contributed by atoms with E-state index in [1.165, 1.54) is 6.20 Å². The molecule has 0 amide bonds. The van der Waals surface area contributed by atoms with E-state index in [0.29, 0.717) is 5.56 Å². The van der Waals surface area contributed by atoms with E-state index >= 15 is 0 Å². The number of benzene rings is 1. The predicted molar refractivity (Wildman–Crippen MR) is 58.6 cm³/mol. The van der Waals surface area contributed by atoms with Crippen molar-refractivity contribution < 1.29 is 13.6 Å². The smallest absolute Gasteiger partial charge is 0.185 e. The van der Waals surface area contributed by atoms with Crippen molar-refractivity contribution in [2.24, 2.45) is 0 Å². The summed E-state index contributed by atoms with van der Waals surface area (Å²) in [6.07, 6.45) is 1.44. The third kappa shape index (κ3) is 2.93. The van der Waals surface area contributed by atoms with Crippen molar-refractivity contribution in [3.05, 3.63) is 65.5 Å². The number of carbonyl (C=O) groups is 1. The summed E-state index contributed by atoms with van der Waals surface area (Å²) in [5.74, 6) is -1.64. The van der Waals surface area contributed by atoms with Gasteiger partial charge in [0.1, 0.15) is 17.3 Å². The minimum absolute atomic E-state index is 0.0638. The highest BCUT2D eigenvalue weighted by molar-refractivity contribution is 5.95. The first kappa shape index (κ1) is 11.4. The second-order valence-corrected chi connectivity index (χ2v) is 3.59. The molecule has 2 rings (SSSR count). The lowest BCUT2D eigenvalue weighted by molar-refractivity contribution is 0.0988. The molecular formula is C13H9F2NO. The highest BCUT2D eigenvalue weighted by Crippen LogP contribution is 2.10. The SMILES string of the molecule is O=C(Cc1cc(F)cc(F)c1)c1ccccn1. The maximum atomic E-state index is 12.9. The van der Waals surface area contributed by atoms with Crippen LogP contribution in [0, 0.1) is 11.6 Å². The lowest BCUT2D eigenvalue weighted by Crippen LogP contribution is -2.06. The van der Waals surface area contributed by atoms with Gasteiger partial charge in [0.05, 0.1) is 0 Å². The molecule has 1 heterocycles. The normalized spacial score (nSPS) is 10.2. The highest BCUT2D eigenvalue weighted by atomic mass is 19.1. The number of nitrogens with zero attached hydrogens (tertiary/aromatic N) is 1. The Balaban J connectivity index is 2.19. The molecule has 0 atom stereocenters. The summed E-state index contributed by atoms with van der Waals surface area (Å²) in [6.45, 7) is 0. The fourth-order valence-electron chi connectivity index (χ4n) is 1.52. The minimum Gasteiger partial charge on any atom is -0.292 e. The van der Waals surface area contributed by atoms with Crippen molar-refractivity contribution in [2.75, 3.05) is 0 Å². The zero-order valence-electron chi connectivity index (χ0n) is 8.86. The van der Waals surface area contributed by atoms with Gasteiger partial charge in [-0.2, -0.15) is 0 Å². The predicted octanol–water partition coefficient (Wildman–Crippen LogP) is 2.79. The van der Waals surface area contributed by atoms with Gasteiger partial charge in [0.2, 0.25) is 0 Å². The van der Waals surface area contributed by atoms with Gasteiger partial charge in [-0.1, -0.05) is 6.07 Å². The zero-order chi connectivity index (χ0) is 12.3. The van der Waals surface area contributed by atoms with Gasteiger partial charge in [-0.05, 0) is 29.8 Å². The van der Waals surface area contributed by atoms with Crippen molar-refractivity contribution in [2.45, 2.75) is 6.42 Å². The monoisotopic (exact) mass is 233 g/mol. The van der Waals surface area contributed by atoms with Crippen molar-refractivity contribution in [3.63, 3.8) is 0 Å². The van der Waals surface area contributed by atoms with Crippen LogP contribution in [0.4, 0.5) is 8.78 Å². The molecular weight excluding hydrogens is 224 g/mol. The number of carbonyl (C=O) groups excluding carboxylic acids is 1. The highest BCUT2D eigenvalue weighted by Gasteiger charge is 2.09. The Labute approximate surface area is 96.9 Å². The quantitative estimate of drug-likeness (QED) is 0.763. The van der Waals surface area contributed by atoms with E-state index in [0.717, 1.165) is 18.2 Å². The third-order valence-electron chi connectivity index (χ3n) is 2.24. The summed E-state index contributed by atoms with van der Waals surface area (Å²) in [7, 11) is 0. The molecule has 0 N–H and O–H groups in total. The molecule has 1 aromatic heterocycles. The molecule has 0 aliphatic heterocycles. The van der Waals surface area contributed by atoms with Crippen LogP contribution in [0.5, 0.6) is 0 Å². The maximum absolute atomic E-state index is 12.9. The standard InChI is InChI=1S/C13H9F2NO/c14-10-5-9(6-11(15)8-10)7-13(17)12-3-1-2-4-16-12/h1-6,8H,7H2. The first-order chi connectivity index (χ1) is 8.15. The summed E-state index contributed by atoms with van der Waals surface area (Å²) in [6, 6.07) is 8.01. The molecule has 0 spiro atoms. The average molecular weight is 233 g/mol. The van der Waals surface area contributed by atoms with Crippen molar-refractivity contribution in [3.8, 4) is 0 Å².